The summed E-state index contributed by atoms with van der Waals surface area (Å²) < 4.78 is 0. The Morgan fingerprint density at radius 2 is 2.00 bits per heavy atom. The van der Waals surface area contributed by atoms with E-state index >= 15 is 0 Å². The zero-order valence-electron chi connectivity index (χ0n) is 9.68. The lowest BCUT2D eigenvalue weighted by molar-refractivity contribution is -0.132. The number of hydrogen-bond donors (Lipinski definition) is 1. The Bertz CT molecular complexity index is 266. The summed E-state index contributed by atoms with van der Waals surface area (Å²) in [7, 11) is 0. The quantitative estimate of drug-likeness (QED) is 0.413. The van der Waals surface area contributed by atoms with Crippen molar-refractivity contribution in [2.45, 2.75) is 52.4 Å². The van der Waals surface area contributed by atoms with Crippen molar-refractivity contribution in [3.63, 3.8) is 0 Å². The largest absolute Gasteiger partial charge is 0.478 e. The number of carboxylic acids is 1. The molecular weight excluding hydrogens is 188 g/mol. The van der Waals surface area contributed by atoms with E-state index in [9.17, 15) is 4.79 Å². The van der Waals surface area contributed by atoms with Gasteiger partial charge >= 0.3 is 5.97 Å². The average molecular weight is 208 g/mol. The summed E-state index contributed by atoms with van der Waals surface area (Å²) in [6, 6.07) is 0. The van der Waals surface area contributed by atoms with Crippen LogP contribution in [0.5, 0.6) is 0 Å². The van der Waals surface area contributed by atoms with E-state index < -0.39 is 5.97 Å². The molecule has 0 bridgehead atoms. The van der Waals surface area contributed by atoms with Crippen LogP contribution >= 0.6 is 0 Å². The highest BCUT2D eigenvalue weighted by Gasteiger charge is 2.01. The fourth-order valence-corrected chi connectivity index (χ4v) is 1.23. The van der Waals surface area contributed by atoms with Gasteiger partial charge in [-0.05, 0) is 25.7 Å². The summed E-state index contributed by atoms with van der Waals surface area (Å²) in [5.41, 5.74) is 0.523. The zero-order valence-corrected chi connectivity index (χ0v) is 9.68. The number of unbranched alkanes of at least 4 members (excludes halogenated alkanes) is 3. The van der Waals surface area contributed by atoms with Crippen LogP contribution in [0, 0.1) is 11.8 Å². The Hall–Kier alpha value is -1.23. The molecule has 2 nitrogen and oxygen atoms in total. The van der Waals surface area contributed by atoms with Crippen molar-refractivity contribution in [1.29, 1.82) is 0 Å². The molecule has 84 valence electrons. The fourth-order valence-electron chi connectivity index (χ4n) is 1.23. The van der Waals surface area contributed by atoms with Crippen LogP contribution in [0.15, 0.2) is 11.6 Å². The maximum Gasteiger partial charge on any atom is 0.331 e. The van der Waals surface area contributed by atoms with Crippen molar-refractivity contribution in [2.75, 3.05) is 0 Å². The lowest BCUT2D eigenvalue weighted by atomic mass is 10.1. The first-order valence-corrected chi connectivity index (χ1v) is 5.60. The van der Waals surface area contributed by atoms with Crippen molar-refractivity contribution >= 4 is 5.97 Å². The molecule has 0 atom stereocenters. The second-order valence-electron chi connectivity index (χ2n) is 3.34. The molecule has 0 fully saturated rings. The first-order valence-electron chi connectivity index (χ1n) is 5.60. The van der Waals surface area contributed by atoms with Gasteiger partial charge in [-0.3, -0.25) is 0 Å². The average Bonchev–Trinajstić information content (AvgIpc) is 2.21. The van der Waals surface area contributed by atoms with E-state index in [1.165, 1.54) is 0 Å². The molecule has 0 aromatic heterocycles. The van der Waals surface area contributed by atoms with Crippen molar-refractivity contribution in [3.05, 3.63) is 11.6 Å². The summed E-state index contributed by atoms with van der Waals surface area (Å²) in [6.45, 7) is 3.91. The van der Waals surface area contributed by atoms with Gasteiger partial charge in [-0.2, -0.15) is 0 Å². The van der Waals surface area contributed by atoms with Gasteiger partial charge in [0.25, 0.3) is 0 Å². The molecule has 0 radical (unpaired) electrons. The smallest absolute Gasteiger partial charge is 0.331 e. The number of aliphatic carboxylic acids is 1. The van der Waals surface area contributed by atoms with Crippen LogP contribution < -0.4 is 0 Å². The highest BCUT2D eigenvalue weighted by molar-refractivity contribution is 5.86. The molecule has 0 aromatic carbocycles. The molecule has 0 aliphatic heterocycles. The van der Waals surface area contributed by atoms with Gasteiger partial charge in [0.1, 0.15) is 0 Å². The van der Waals surface area contributed by atoms with Crippen LogP contribution in [0.2, 0.25) is 0 Å². The Kier molecular flexibility index (Phi) is 8.56. The Morgan fingerprint density at radius 1 is 1.27 bits per heavy atom. The normalized spacial score (nSPS) is 10.7. The van der Waals surface area contributed by atoms with Crippen molar-refractivity contribution in [2.24, 2.45) is 0 Å². The standard InChI is InChI=1S/C13H20O2/c1-3-5-6-7-8-9-10-11-12(4-2)13(14)15/h11H,3-4,7-10H2,1-2H3,(H,14,15)/b12-11+. The van der Waals surface area contributed by atoms with E-state index in [-0.39, 0.29) is 0 Å². The summed E-state index contributed by atoms with van der Waals surface area (Å²) in [5.74, 6) is 5.30. The van der Waals surface area contributed by atoms with Crippen molar-refractivity contribution in [3.8, 4) is 11.8 Å². The molecule has 0 aromatic rings. The van der Waals surface area contributed by atoms with E-state index in [1.54, 1.807) is 0 Å². The monoisotopic (exact) mass is 208 g/mol. The molecule has 15 heavy (non-hydrogen) atoms. The Labute approximate surface area is 92.4 Å². The minimum Gasteiger partial charge on any atom is -0.478 e. The topological polar surface area (TPSA) is 37.3 Å². The van der Waals surface area contributed by atoms with Crippen LogP contribution in [0.3, 0.4) is 0 Å². The molecule has 0 spiro atoms. The number of hydrogen-bond acceptors (Lipinski definition) is 1. The van der Waals surface area contributed by atoms with E-state index in [2.05, 4.69) is 11.8 Å². The second-order valence-corrected chi connectivity index (χ2v) is 3.34. The summed E-state index contributed by atoms with van der Waals surface area (Å²) in [6.07, 6.45) is 7.20. The zero-order chi connectivity index (χ0) is 11.5. The van der Waals surface area contributed by atoms with Gasteiger partial charge in [-0.1, -0.05) is 19.9 Å². The molecule has 1 N–H and O–H groups in total. The first kappa shape index (κ1) is 13.8. The molecule has 0 aliphatic rings. The van der Waals surface area contributed by atoms with Crippen LogP contribution in [0.1, 0.15) is 52.4 Å². The van der Waals surface area contributed by atoms with Gasteiger partial charge in [0, 0.05) is 18.4 Å². The lowest BCUT2D eigenvalue weighted by Gasteiger charge is -1.97. The molecule has 0 rings (SSSR count). The van der Waals surface area contributed by atoms with Crippen LogP contribution in [0.25, 0.3) is 0 Å². The summed E-state index contributed by atoms with van der Waals surface area (Å²) >= 11 is 0. The second kappa shape index (κ2) is 9.33. The molecule has 0 saturated carbocycles. The van der Waals surface area contributed by atoms with E-state index in [1.807, 2.05) is 19.9 Å². The third-order valence-electron chi connectivity index (χ3n) is 2.10. The minimum absolute atomic E-state index is 0.523. The van der Waals surface area contributed by atoms with E-state index in [0.29, 0.717) is 12.0 Å². The highest BCUT2D eigenvalue weighted by atomic mass is 16.4. The van der Waals surface area contributed by atoms with Gasteiger partial charge in [-0.25, -0.2) is 4.79 Å². The third-order valence-corrected chi connectivity index (χ3v) is 2.10. The van der Waals surface area contributed by atoms with E-state index in [0.717, 1.165) is 32.1 Å². The fraction of sp³-hybridized carbons (Fsp3) is 0.615. The third kappa shape index (κ3) is 7.81. The van der Waals surface area contributed by atoms with Crippen molar-refractivity contribution < 1.29 is 9.90 Å². The van der Waals surface area contributed by atoms with Crippen LogP contribution in [-0.4, -0.2) is 11.1 Å². The number of allylic oxidation sites excluding steroid dienone is 1. The molecule has 0 amide bonds. The van der Waals surface area contributed by atoms with Gasteiger partial charge < -0.3 is 5.11 Å². The molecule has 0 unspecified atom stereocenters. The van der Waals surface area contributed by atoms with Gasteiger partial charge in [0.05, 0.1) is 0 Å². The number of carboxylic acid groups (broad SMARTS) is 1. The molecular formula is C13H20O2. The number of carbonyl (C=O) groups is 1. The number of rotatable bonds is 6. The predicted molar refractivity (Wildman–Crippen MR) is 62.5 cm³/mol. The highest BCUT2D eigenvalue weighted by Crippen LogP contribution is 2.06. The minimum atomic E-state index is -0.789. The van der Waals surface area contributed by atoms with Gasteiger partial charge in [0.2, 0.25) is 0 Å². The lowest BCUT2D eigenvalue weighted by Crippen LogP contribution is -1.98. The van der Waals surface area contributed by atoms with E-state index in [4.69, 9.17) is 5.11 Å². The summed E-state index contributed by atoms with van der Waals surface area (Å²) in [5, 5.41) is 8.76. The maximum atomic E-state index is 10.6. The van der Waals surface area contributed by atoms with Gasteiger partial charge in [-0.15, -0.1) is 11.8 Å². The maximum absolute atomic E-state index is 10.6. The molecule has 0 saturated heterocycles. The first-order chi connectivity index (χ1) is 7.22. The predicted octanol–water partition coefficient (Wildman–Crippen LogP) is 3.38. The summed E-state index contributed by atoms with van der Waals surface area (Å²) in [4.78, 5) is 10.6. The van der Waals surface area contributed by atoms with Gasteiger partial charge in [0.15, 0.2) is 0 Å². The molecule has 2 heteroatoms. The molecule has 0 heterocycles. The van der Waals surface area contributed by atoms with Crippen LogP contribution in [0.4, 0.5) is 0 Å². The molecule has 0 aliphatic carbocycles. The SMILES string of the molecule is CCC#CCCCC/C=C(\CC)C(=O)O. The Balaban J connectivity index is 3.64. The van der Waals surface area contributed by atoms with Crippen LogP contribution in [-0.2, 0) is 4.79 Å². The van der Waals surface area contributed by atoms with Crippen molar-refractivity contribution in [1.82, 2.24) is 0 Å². The Morgan fingerprint density at radius 3 is 2.53 bits per heavy atom.